The van der Waals surface area contributed by atoms with Crippen LogP contribution in [0.1, 0.15) is 141 Å². The Morgan fingerprint density at radius 2 is 1.26 bits per heavy atom. The highest BCUT2D eigenvalue weighted by molar-refractivity contribution is 6.75. The molecule has 0 spiro atoms. The predicted octanol–water partition coefficient (Wildman–Crippen LogP) is 12.6. The van der Waals surface area contributed by atoms with E-state index in [-0.39, 0.29) is 44.9 Å². The molecule has 3 rings (SSSR count). The van der Waals surface area contributed by atoms with Crippen LogP contribution in [0.5, 0.6) is 0 Å². The van der Waals surface area contributed by atoms with Gasteiger partial charge < -0.3 is 27.9 Å². The lowest BCUT2D eigenvalue weighted by Crippen LogP contribution is -2.56. The molecule has 6 atom stereocenters. The summed E-state index contributed by atoms with van der Waals surface area (Å²) < 4.78 is 34.7. The lowest BCUT2D eigenvalue weighted by Gasteiger charge is -2.48. The molecule has 3 unspecified atom stereocenters. The van der Waals surface area contributed by atoms with E-state index in [1.807, 2.05) is 13.8 Å². The van der Waals surface area contributed by atoms with E-state index in [4.69, 9.17) is 22.8 Å². The van der Waals surface area contributed by atoms with Gasteiger partial charge in [-0.3, -0.25) is 0 Å². The van der Waals surface area contributed by atoms with Crippen LogP contribution in [0.3, 0.4) is 0 Å². The van der Waals surface area contributed by atoms with Crippen molar-refractivity contribution in [2.24, 2.45) is 17.3 Å². The fraction of sp³-hybridized carbons (Fsp3) is 0.911. The van der Waals surface area contributed by atoms with E-state index in [1.54, 1.807) is 5.57 Å². The minimum absolute atomic E-state index is 0.0682. The largest absolute Gasteiger partial charge is 0.414 e. The van der Waals surface area contributed by atoms with Crippen molar-refractivity contribution in [3.05, 3.63) is 23.3 Å². The average Bonchev–Trinajstić information content (AvgIpc) is 3.34. The van der Waals surface area contributed by atoms with Gasteiger partial charge in [-0.05, 0) is 144 Å². The SMILES string of the molecule is C[C@@H](OCCC(C)(C)O)C1CCC2/C(=C/C=C3C[C@@H](O[Si](C)(C)C(C)(C)C)C(OCCO[Si](C)(C)C(C)(C)C)[C@H](O[Si](C)(C)C(C)(C)C)C3)CCCC21C. The summed E-state index contributed by atoms with van der Waals surface area (Å²) in [6.07, 6.45) is 13.4. The van der Waals surface area contributed by atoms with Gasteiger partial charge >= 0.3 is 0 Å². The van der Waals surface area contributed by atoms with Crippen LogP contribution < -0.4 is 0 Å². The van der Waals surface area contributed by atoms with E-state index in [1.165, 1.54) is 37.7 Å². The van der Waals surface area contributed by atoms with Crippen molar-refractivity contribution in [2.75, 3.05) is 19.8 Å². The van der Waals surface area contributed by atoms with Gasteiger partial charge in [0, 0.05) is 6.61 Å². The number of allylic oxidation sites excluding steroid dienone is 3. The Bertz CT molecular complexity index is 1240. The number of rotatable bonds is 15. The number of hydrogen-bond donors (Lipinski definition) is 1. The summed E-state index contributed by atoms with van der Waals surface area (Å²) in [5, 5.41) is 10.6. The molecular formula is C45H88O6Si3. The first-order valence-corrected chi connectivity index (χ1v) is 30.4. The summed E-state index contributed by atoms with van der Waals surface area (Å²) in [6, 6.07) is 0. The van der Waals surface area contributed by atoms with Gasteiger partial charge in [-0.15, -0.1) is 0 Å². The number of aliphatic hydroxyl groups is 1. The molecule has 0 aromatic carbocycles. The molecule has 3 aliphatic carbocycles. The lowest BCUT2D eigenvalue weighted by molar-refractivity contribution is -0.105. The number of hydrogen-bond acceptors (Lipinski definition) is 6. The van der Waals surface area contributed by atoms with Crippen molar-refractivity contribution in [3.63, 3.8) is 0 Å². The highest BCUT2D eigenvalue weighted by Gasteiger charge is 2.52. The molecule has 3 fully saturated rings. The predicted molar refractivity (Wildman–Crippen MR) is 237 cm³/mol. The highest BCUT2D eigenvalue weighted by Crippen LogP contribution is 2.59. The monoisotopic (exact) mass is 809 g/mol. The van der Waals surface area contributed by atoms with Crippen molar-refractivity contribution in [2.45, 2.75) is 226 Å². The third-order valence-electron chi connectivity index (χ3n) is 15.1. The molecule has 0 heterocycles. The summed E-state index contributed by atoms with van der Waals surface area (Å²) >= 11 is 0. The van der Waals surface area contributed by atoms with Crippen molar-refractivity contribution in [1.29, 1.82) is 0 Å². The van der Waals surface area contributed by atoms with Crippen LogP contribution >= 0.6 is 0 Å². The number of ether oxygens (including phenoxy) is 2. The van der Waals surface area contributed by atoms with Gasteiger partial charge in [0.2, 0.25) is 0 Å². The Balaban J connectivity index is 1.95. The summed E-state index contributed by atoms with van der Waals surface area (Å²) in [4.78, 5) is 0. The fourth-order valence-electron chi connectivity index (χ4n) is 8.33. The van der Waals surface area contributed by atoms with Crippen LogP contribution in [0.15, 0.2) is 23.3 Å². The highest BCUT2D eigenvalue weighted by atomic mass is 28.4. The van der Waals surface area contributed by atoms with E-state index < -0.39 is 30.6 Å². The molecule has 3 aliphatic rings. The molecule has 0 aromatic heterocycles. The lowest BCUT2D eigenvalue weighted by atomic mass is 9.62. The van der Waals surface area contributed by atoms with E-state index >= 15 is 0 Å². The number of fused-ring (bicyclic) bond motifs is 1. The van der Waals surface area contributed by atoms with Crippen LogP contribution in [-0.4, -0.2) is 79.9 Å². The molecule has 0 radical (unpaired) electrons. The molecule has 0 saturated heterocycles. The average molecular weight is 809 g/mol. The minimum atomic E-state index is -2.13. The van der Waals surface area contributed by atoms with Crippen LogP contribution in [0.2, 0.25) is 54.4 Å². The fourth-order valence-corrected chi connectivity index (χ4v) is 12.0. The van der Waals surface area contributed by atoms with Crippen LogP contribution in [0, 0.1) is 17.3 Å². The summed E-state index contributed by atoms with van der Waals surface area (Å²) in [5.41, 5.74) is 2.60. The van der Waals surface area contributed by atoms with E-state index in [9.17, 15) is 5.11 Å². The zero-order valence-corrected chi connectivity index (χ0v) is 41.9. The zero-order chi connectivity index (χ0) is 41.3. The van der Waals surface area contributed by atoms with Crippen molar-refractivity contribution in [1.82, 2.24) is 0 Å². The van der Waals surface area contributed by atoms with Gasteiger partial charge in [-0.2, -0.15) is 0 Å². The van der Waals surface area contributed by atoms with Crippen molar-refractivity contribution >= 4 is 25.0 Å². The topological polar surface area (TPSA) is 66.4 Å². The van der Waals surface area contributed by atoms with E-state index in [0.717, 1.165) is 12.8 Å². The third-order valence-corrected chi connectivity index (χ3v) is 28.6. The Hall–Kier alpha value is -0.109. The minimum Gasteiger partial charge on any atom is -0.414 e. The summed E-state index contributed by atoms with van der Waals surface area (Å²) in [7, 11) is -6.15. The Morgan fingerprint density at radius 3 is 1.74 bits per heavy atom. The quantitative estimate of drug-likeness (QED) is 0.131. The molecule has 0 amide bonds. The van der Waals surface area contributed by atoms with E-state index in [0.29, 0.717) is 38.1 Å². The van der Waals surface area contributed by atoms with Gasteiger partial charge in [0.05, 0.1) is 37.1 Å². The van der Waals surface area contributed by atoms with Gasteiger partial charge in [-0.25, -0.2) is 0 Å². The normalized spacial score (nSPS) is 29.4. The first-order valence-electron chi connectivity index (χ1n) is 21.6. The second-order valence-electron chi connectivity index (χ2n) is 23.0. The molecule has 0 aromatic rings. The van der Waals surface area contributed by atoms with Crippen LogP contribution in [0.4, 0.5) is 0 Å². The molecule has 316 valence electrons. The Kier molecular flexibility index (Phi) is 15.8. The van der Waals surface area contributed by atoms with Gasteiger partial charge in [-0.1, -0.05) is 92.5 Å². The maximum Gasteiger partial charge on any atom is 0.192 e. The maximum atomic E-state index is 10.2. The first-order chi connectivity index (χ1) is 24.3. The van der Waals surface area contributed by atoms with Gasteiger partial charge in [0.25, 0.3) is 0 Å². The summed E-state index contributed by atoms with van der Waals surface area (Å²) in [6.45, 7) is 45.4. The molecule has 9 heteroatoms. The molecule has 0 aliphatic heterocycles. The first kappa shape index (κ1) is 48.3. The zero-order valence-electron chi connectivity index (χ0n) is 38.9. The maximum absolute atomic E-state index is 10.2. The van der Waals surface area contributed by atoms with Gasteiger partial charge in [0.1, 0.15) is 6.10 Å². The molecule has 54 heavy (non-hydrogen) atoms. The second kappa shape index (κ2) is 17.6. The molecule has 3 saturated carbocycles. The Labute approximate surface area is 337 Å². The molecule has 6 nitrogen and oxygen atoms in total. The molecular weight excluding hydrogens is 721 g/mol. The summed E-state index contributed by atoms with van der Waals surface area (Å²) in [5.74, 6) is 1.13. The molecule has 0 bridgehead atoms. The Morgan fingerprint density at radius 1 is 0.741 bits per heavy atom. The smallest absolute Gasteiger partial charge is 0.192 e. The van der Waals surface area contributed by atoms with Crippen molar-refractivity contribution < 1.29 is 27.9 Å². The second-order valence-corrected chi connectivity index (χ2v) is 37.3. The standard InChI is InChI=1S/C45H88O6Si3/c1-33(47-28-27-44(11,12)46)36-24-25-37-35(21-20-26-45(36,37)13)23-22-34-31-38(50-53(16,17)42(5,6)7)40(39(32-34)51-54(18,19)43(8,9)10)48-29-30-49-52(14,15)41(2,3)4/h22-23,33,36-40,46H,20-21,24-32H2,1-19H3/b34-22?,35-23+/t33-,36?,37?,38-,39-,40?,45?/m1/s1. The van der Waals surface area contributed by atoms with E-state index in [2.05, 4.69) is 128 Å². The molecule has 1 N–H and O–H groups in total. The van der Waals surface area contributed by atoms with Crippen molar-refractivity contribution in [3.8, 4) is 0 Å². The van der Waals surface area contributed by atoms with Crippen LogP contribution in [-0.2, 0) is 22.8 Å². The van der Waals surface area contributed by atoms with Gasteiger partial charge in [0.15, 0.2) is 25.0 Å². The van der Waals surface area contributed by atoms with Crippen LogP contribution in [0.25, 0.3) is 0 Å². The third kappa shape index (κ3) is 12.2.